The number of nitrogens with zero attached hydrogens (tertiary/aromatic N) is 2. The number of amides is 1. The fourth-order valence-corrected chi connectivity index (χ4v) is 3.51. The average Bonchev–Trinajstić information content (AvgIpc) is 2.92. The Balaban J connectivity index is 1.77. The molecule has 0 spiro atoms. The standard InChI is InChI=1S/C14H14BrF3N2O/c15-10-1-2-11-9(7-10)3-6-20(11)12-4-5-19(13(12)21)8-14(16,17)18/h1-2,7,12H,3-6,8H2/t12-/m1/s1. The highest BCUT2D eigenvalue weighted by Gasteiger charge is 2.42. The first-order chi connectivity index (χ1) is 9.85. The van der Waals surface area contributed by atoms with E-state index in [9.17, 15) is 18.0 Å². The summed E-state index contributed by atoms with van der Waals surface area (Å²) in [6, 6.07) is 5.35. The van der Waals surface area contributed by atoms with Crippen molar-refractivity contribution >= 4 is 27.5 Å². The van der Waals surface area contributed by atoms with Gasteiger partial charge in [0.1, 0.15) is 12.6 Å². The molecule has 0 unspecified atom stereocenters. The van der Waals surface area contributed by atoms with E-state index in [2.05, 4.69) is 15.9 Å². The van der Waals surface area contributed by atoms with Crippen molar-refractivity contribution in [1.29, 1.82) is 0 Å². The Kier molecular flexibility index (Phi) is 3.63. The molecule has 1 atom stereocenters. The van der Waals surface area contributed by atoms with Gasteiger partial charge in [0.05, 0.1) is 0 Å². The van der Waals surface area contributed by atoms with Crippen LogP contribution >= 0.6 is 15.9 Å². The molecule has 2 aliphatic rings. The molecule has 21 heavy (non-hydrogen) atoms. The van der Waals surface area contributed by atoms with E-state index in [1.165, 1.54) is 0 Å². The van der Waals surface area contributed by atoms with Gasteiger partial charge in [-0.2, -0.15) is 13.2 Å². The van der Waals surface area contributed by atoms with Crippen LogP contribution in [0.2, 0.25) is 0 Å². The fourth-order valence-electron chi connectivity index (χ4n) is 3.10. The summed E-state index contributed by atoms with van der Waals surface area (Å²) in [5.41, 5.74) is 2.09. The van der Waals surface area contributed by atoms with Gasteiger partial charge in [-0.15, -0.1) is 0 Å². The first kappa shape index (κ1) is 14.7. The summed E-state index contributed by atoms with van der Waals surface area (Å²) in [6.07, 6.45) is -3.07. The molecule has 7 heteroatoms. The van der Waals surface area contributed by atoms with E-state index in [0.717, 1.165) is 27.0 Å². The highest BCUT2D eigenvalue weighted by atomic mass is 79.9. The topological polar surface area (TPSA) is 23.6 Å². The quantitative estimate of drug-likeness (QED) is 0.807. The first-order valence-electron chi connectivity index (χ1n) is 6.76. The molecule has 1 aromatic rings. The van der Waals surface area contributed by atoms with Crippen LogP contribution in [-0.2, 0) is 11.2 Å². The Labute approximate surface area is 128 Å². The average molecular weight is 363 g/mol. The van der Waals surface area contributed by atoms with Gasteiger partial charge in [0.2, 0.25) is 5.91 Å². The summed E-state index contributed by atoms with van der Waals surface area (Å²) in [4.78, 5) is 15.1. The lowest BCUT2D eigenvalue weighted by Gasteiger charge is -2.26. The number of anilines is 1. The van der Waals surface area contributed by atoms with E-state index in [1.54, 1.807) is 0 Å². The summed E-state index contributed by atoms with van der Waals surface area (Å²) in [6.45, 7) is -0.295. The molecule has 0 aliphatic carbocycles. The molecule has 114 valence electrons. The van der Waals surface area contributed by atoms with Gasteiger partial charge in [-0.05, 0) is 36.6 Å². The first-order valence-corrected chi connectivity index (χ1v) is 7.55. The van der Waals surface area contributed by atoms with Gasteiger partial charge < -0.3 is 9.80 Å². The van der Waals surface area contributed by atoms with E-state index in [-0.39, 0.29) is 6.54 Å². The van der Waals surface area contributed by atoms with Crippen LogP contribution < -0.4 is 4.90 Å². The predicted octanol–water partition coefficient (Wildman–Crippen LogP) is 2.97. The SMILES string of the molecule is O=C1[C@H](N2CCc3cc(Br)ccc32)CCN1CC(F)(F)F. The molecule has 1 aromatic carbocycles. The van der Waals surface area contributed by atoms with Crippen molar-refractivity contribution in [2.75, 3.05) is 24.5 Å². The second-order valence-corrected chi connectivity index (χ2v) is 6.31. The number of fused-ring (bicyclic) bond motifs is 1. The highest BCUT2D eigenvalue weighted by Crippen LogP contribution is 2.35. The molecule has 0 N–H and O–H groups in total. The zero-order valence-corrected chi connectivity index (χ0v) is 12.7. The molecule has 3 nitrogen and oxygen atoms in total. The fraction of sp³-hybridized carbons (Fsp3) is 0.500. The number of likely N-dealkylation sites (tertiary alicyclic amines) is 1. The van der Waals surface area contributed by atoms with Crippen LogP contribution in [0.15, 0.2) is 22.7 Å². The Morgan fingerprint density at radius 3 is 2.76 bits per heavy atom. The van der Waals surface area contributed by atoms with Crippen LogP contribution in [0.5, 0.6) is 0 Å². The zero-order chi connectivity index (χ0) is 15.2. The Morgan fingerprint density at radius 2 is 2.05 bits per heavy atom. The maximum Gasteiger partial charge on any atom is 0.406 e. The lowest BCUT2D eigenvalue weighted by molar-refractivity contribution is -0.157. The van der Waals surface area contributed by atoms with Crippen LogP contribution in [0.25, 0.3) is 0 Å². The third-order valence-electron chi connectivity index (χ3n) is 3.99. The van der Waals surface area contributed by atoms with E-state index >= 15 is 0 Å². The smallest absolute Gasteiger partial charge is 0.359 e. The number of benzene rings is 1. The van der Waals surface area contributed by atoms with Crippen molar-refractivity contribution in [1.82, 2.24) is 4.90 Å². The van der Waals surface area contributed by atoms with E-state index in [0.29, 0.717) is 13.0 Å². The van der Waals surface area contributed by atoms with Gasteiger partial charge >= 0.3 is 6.18 Å². The highest BCUT2D eigenvalue weighted by molar-refractivity contribution is 9.10. The number of alkyl halides is 3. The summed E-state index contributed by atoms with van der Waals surface area (Å²) in [7, 11) is 0. The molecule has 0 aromatic heterocycles. The Hall–Kier alpha value is -1.24. The molecule has 3 rings (SSSR count). The van der Waals surface area contributed by atoms with Gasteiger partial charge in [-0.3, -0.25) is 4.79 Å². The zero-order valence-electron chi connectivity index (χ0n) is 11.2. The number of carbonyl (C=O) groups excluding carboxylic acids is 1. The molecule has 1 fully saturated rings. The van der Waals surface area contributed by atoms with Gasteiger partial charge in [-0.25, -0.2) is 0 Å². The lowest BCUT2D eigenvalue weighted by Crippen LogP contribution is -2.43. The molecular formula is C14H14BrF3N2O. The second kappa shape index (κ2) is 5.19. The van der Waals surface area contributed by atoms with Crippen LogP contribution in [-0.4, -0.2) is 42.7 Å². The largest absolute Gasteiger partial charge is 0.406 e. The van der Waals surface area contributed by atoms with Crippen molar-refractivity contribution in [2.45, 2.75) is 25.1 Å². The van der Waals surface area contributed by atoms with Crippen molar-refractivity contribution in [3.8, 4) is 0 Å². The van der Waals surface area contributed by atoms with E-state index in [4.69, 9.17) is 0 Å². The summed E-state index contributed by atoms with van der Waals surface area (Å²) in [5.74, 6) is -0.414. The number of carbonyl (C=O) groups is 1. The minimum Gasteiger partial charge on any atom is -0.359 e. The second-order valence-electron chi connectivity index (χ2n) is 5.40. The monoisotopic (exact) mass is 362 g/mol. The Bertz CT molecular complexity index is 576. The molecule has 1 saturated heterocycles. The van der Waals surface area contributed by atoms with Crippen LogP contribution in [0.3, 0.4) is 0 Å². The molecular weight excluding hydrogens is 349 g/mol. The van der Waals surface area contributed by atoms with E-state index < -0.39 is 24.7 Å². The van der Waals surface area contributed by atoms with Gasteiger partial charge in [0.25, 0.3) is 0 Å². The van der Waals surface area contributed by atoms with Crippen LogP contribution in [0.1, 0.15) is 12.0 Å². The number of rotatable bonds is 2. The lowest BCUT2D eigenvalue weighted by atomic mass is 10.1. The maximum atomic E-state index is 12.5. The van der Waals surface area contributed by atoms with Gasteiger partial charge in [-0.1, -0.05) is 15.9 Å². The minimum atomic E-state index is -4.33. The van der Waals surface area contributed by atoms with Gasteiger partial charge in [0, 0.05) is 23.2 Å². The molecule has 0 saturated carbocycles. The summed E-state index contributed by atoms with van der Waals surface area (Å²) in [5, 5.41) is 0. The number of hydrogen-bond acceptors (Lipinski definition) is 2. The third kappa shape index (κ3) is 2.88. The number of halogens is 4. The van der Waals surface area contributed by atoms with Crippen molar-refractivity contribution < 1.29 is 18.0 Å². The minimum absolute atomic E-state index is 0.172. The molecule has 0 bridgehead atoms. The van der Waals surface area contributed by atoms with Crippen molar-refractivity contribution in [3.63, 3.8) is 0 Å². The summed E-state index contributed by atoms with van der Waals surface area (Å²) < 4.78 is 38.3. The van der Waals surface area contributed by atoms with Crippen LogP contribution in [0, 0.1) is 0 Å². The molecule has 1 amide bonds. The molecule has 2 heterocycles. The number of hydrogen-bond donors (Lipinski definition) is 0. The molecule has 0 radical (unpaired) electrons. The van der Waals surface area contributed by atoms with Gasteiger partial charge in [0.15, 0.2) is 0 Å². The maximum absolute atomic E-state index is 12.5. The normalized spacial score (nSPS) is 22.1. The summed E-state index contributed by atoms with van der Waals surface area (Å²) >= 11 is 3.40. The van der Waals surface area contributed by atoms with E-state index in [1.807, 2.05) is 23.1 Å². The van der Waals surface area contributed by atoms with Crippen molar-refractivity contribution in [3.05, 3.63) is 28.2 Å². The third-order valence-corrected chi connectivity index (χ3v) is 4.48. The van der Waals surface area contributed by atoms with Crippen molar-refractivity contribution in [2.24, 2.45) is 0 Å². The molecule has 2 aliphatic heterocycles. The van der Waals surface area contributed by atoms with Crippen LogP contribution in [0.4, 0.5) is 18.9 Å². The Morgan fingerprint density at radius 1 is 1.29 bits per heavy atom. The predicted molar refractivity (Wildman–Crippen MR) is 76.2 cm³/mol.